The first-order valence-corrected chi connectivity index (χ1v) is 17.2. The van der Waals surface area contributed by atoms with E-state index in [1.54, 1.807) is 4.90 Å². The molecule has 4 saturated heterocycles. The van der Waals surface area contributed by atoms with E-state index in [9.17, 15) is 9.59 Å². The van der Waals surface area contributed by atoms with Crippen LogP contribution < -0.4 is 0 Å². The highest BCUT2D eigenvalue weighted by atomic mass is 16.7. The summed E-state index contributed by atoms with van der Waals surface area (Å²) in [5, 5.41) is 0. The zero-order chi connectivity index (χ0) is 26.8. The molecule has 3 unspecified atom stereocenters. The summed E-state index contributed by atoms with van der Waals surface area (Å²) in [4.78, 5) is 33.1. The van der Waals surface area contributed by atoms with Crippen molar-refractivity contribution in [1.82, 2.24) is 14.7 Å². The largest absolute Gasteiger partial charge is 0.347 e. The van der Waals surface area contributed by atoms with E-state index in [4.69, 9.17) is 9.47 Å². The highest BCUT2D eigenvalue weighted by molar-refractivity contribution is 6.05. The number of hydrogen-bond acceptors (Lipinski definition) is 6. The molecule has 4 heterocycles. The van der Waals surface area contributed by atoms with Crippen LogP contribution in [0.5, 0.6) is 0 Å². The topological polar surface area (TPSA) is 62.3 Å². The van der Waals surface area contributed by atoms with Gasteiger partial charge in [0.25, 0.3) is 0 Å². The maximum absolute atomic E-state index is 13.4. The van der Waals surface area contributed by atoms with Gasteiger partial charge in [-0.25, -0.2) is 0 Å². The molecule has 4 aliphatic heterocycles. The molecular weight excluding hydrogens is 502 g/mol. The molecule has 7 heteroatoms. The van der Waals surface area contributed by atoms with Crippen molar-refractivity contribution in [3.63, 3.8) is 0 Å². The van der Waals surface area contributed by atoms with Gasteiger partial charge >= 0.3 is 0 Å². The Bertz CT molecular complexity index is 945. The minimum Gasteiger partial charge on any atom is -0.347 e. The van der Waals surface area contributed by atoms with Crippen molar-refractivity contribution in [3.8, 4) is 0 Å². The fraction of sp³-hybridized carbons (Fsp3) is 0.939. The molecule has 0 radical (unpaired) electrons. The molecule has 0 N–H and O–H groups in total. The lowest BCUT2D eigenvalue weighted by Gasteiger charge is -2.58. The molecule has 0 aromatic carbocycles. The van der Waals surface area contributed by atoms with Crippen LogP contribution in [0, 0.1) is 35.5 Å². The standard InChI is InChI=1S/C33H51N3O4/c37-31-18-30(32(38)36(31)28-6-2-1-3-7-28)35-10-4-5-25(19-35)24-8-11-34(12-9-24)20-29-21-39-33(40-29)26-14-22-13-23(16-26)17-27(33)15-22/h22-30H,1-21H2. The predicted molar refractivity (Wildman–Crippen MR) is 151 cm³/mol. The van der Waals surface area contributed by atoms with Gasteiger partial charge in [-0.1, -0.05) is 19.3 Å². The molecule has 1 spiro atoms. The number of ether oxygens (including phenoxy) is 2. The number of carbonyl (C=O) groups excluding carboxylic acids is 2. The van der Waals surface area contributed by atoms with Crippen LogP contribution in [-0.2, 0) is 19.1 Å². The summed E-state index contributed by atoms with van der Waals surface area (Å²) >= 11 is 0. The first-order chi connectivity index (χ1) is 19.6. The number of imide groups is 1. The number of piperidine rings is 2. The molecule has 9 rings (SSSR count). The first kappa shape index (κ1) is 26.6. The Labute approximate surface area is 240 Å². The van der Waals surface area contributed by atoms with Crippen molar-refractivity contribution in [2.75, 3.05) is 39.3 Å². The van der Waals surface area contributed by atoms with Crippen LogP contribution in [0.1, 0.15) is 96.3 Å². The minimum atomic E-state index is -0.242. The van der Waals surface area contributed by atoms with Crippen molar-refractivity contribution in [3.05, 3.63) is 0 Å². The van der Waals surface area contributed by atoms with E-state index in [1.165, 1.54) is 57.8 Å². The van der Waals surface area contributed by atoms with Gasteiger partial charge in [-0.15, -0.1) is 0 Å². The van der Waals surface area contributed by atoms with E-state index < -0.39 is 0 Å². The summed E-state index contributed by atoms with van der Waals surface area (Å²) < 4.78 is 13.5. The Kier molecular flexibility index (Phi) is 7.05. The van der Waals surface area contributed by atoms with Crippen LogP contribution in [0.4, 0.5) is 0 Å². The van der Waals surface area contributed by atoms with Crippen LogP contribution in [0.15, 0.2) is 0 Å². The van der Waals surface area contributed by atoms with Gasteiger partial charge in [-0.3, -0.25) is 19.4 Å². The zero-order valence-corrected chi connectivity index (χ0v) is 24.5. The van der Waals surface area contributed by atoms with E-state index in [-0.39, 0.29) is 35.8 Å². The highest BCUT2D eigenvalue weighted by Crippen LogP contribution is 2.61. The van der Waals surface area contributed by atoms with Crippen molar-refractivity contribution in [2.45, 2.75) is 120 Å². The quantitative estimate of drug-likeness (QED) is 0.469. The molecule has 0 aromatic heterocycles. The lowest BCUT2D eigenvalue weighted by atomic mass is 9.53. The number of likely N-dealkylation sites (tertiary alicyclic amines) is 3. The summed E-state index contributed by atoms with van der Waals surface area (Å²) in [6.45, 7) is 6.09. The average Bonchev–Trinajstić information content (AvgIpc) is 3.53. The molecule has 4 bridgehead atoms. The number of nitrogens with zero attached hydrogens (tertiary/aromatic N) is 3. The van der Waals surface area contributed by atoms with Crippen molar-refractivity contribution >= 4 is 11.8 Å². The first-order valence-electron chi connectivity index (χ1n) is 17.2. The van der Waals surface area contributed by atoms with Crippen molar-refractivity contribution < 1.29 is 19.1 Å². The summed E-state index contributed by atoms with van der Waals surface area (Å²) in [7, 11) is 0. The van der Waals surface area contributed by atoms with Crippen LogP contribution in [0.25, 0.3) is 0 Å². The number of rotatable bonds is 5. The molecule has 2 amide bonds. The smallest absolute Gasteiger partial charge is 0.247 e. The number of amides is 2. The molecule has 5 saturated carbocycles. The lowest BCUT2D eigenvalue weighted by Crippen LogP contribution is -2.58. The fourth-order valence-electron chi connectivity index (χ4n) is 11.2. The monoisotopic (exact) mass is 553 g/mol. The lowest BCUT2D eigenvalue weighted by molar-refractivity contribution is -0.294. The molecule has 3 atom stereocenters. The predicted octanol–water partition coefficient (Wildman–Crippen LogP) is 4.44. The van der Waals surface area contributed by atoms with Gasteiger partial charge in [0.2, 0.25) is 11.8 Å². The van der Waals surface area contributed by atoms with Crippen LogP contribution in [0.2, 0.25) is 0 Å². The Morgan fingerprint density at radius 1 is 0.775 bits per heavy atom. The van der Waals surface area contributed by atoms with Crippen LogP contribution in [-0.4, -0.2) is 89.8 Å². The number of carbonyl (C=O) groups is 2. The van der Waals surface area contributed by atoms with E-state index in [1.807, 2.05) is 0 Å². The summed E-state index contributed by atoms with van der Waals surface area (Å²) in [5.41, 5.74) is 0. The Morgan fingerprint density at radius 2 is 1.50 bits per heavy atom. The summed E-state index contributed by atoms with van der Waals surface area (Å²) in [6, 6.07) is -0.0366. The van der Waals surface area contributed by atoms with Crippen molar-refractivity contribution in [1.29, 1.82) is 0 Å². The Hall–Kier alpha value is -1.02. The Balaban J connectivity index is 0.829. The molecule has 40 heavy (non-hydrogen) atoms. The van der Waals surface area contributed by atoms with Gasteiger partial charge in [-0.05, 0) is 114 Å². The Morgan fingerprint density at radius 3 is 2.23 bits per heavy atom. The maximum atomic E-state index is 13.4. The van der Waals surface area contributed by atoms with Gasteiger partial charge in [0.15, 0.2) is 5.79 Å². The highest BCUT2D eigenvalue weighted by Gasteiger charge is 2.62. The second kappa shape index (κ2) is 10.6. The van der Waals surface area contributed by atoms with Gasteiger partial charge in [0, 0.05) is 31.0 Å². The SMILES string of the molecule is O=C1CC(N2CCCC(C3CCN(CC4COC5(O4)C4CC6CC(C4)CC5C6)CC3)C2)C(=O)N1C1CCCCC1. The third-order valence-electron chi connectivity index (χ3n) is 12.9. The minimum absolute atomic E-state index is 0.0888. The molecular formula is C33H51N3O4. The van der Waals surface area contributed by atoms with Gasteiger partial charge in [0.1, 0.15) is 0 Å². The fourth-order valence-corrected chi connectivity index (χ4v) is 11.2. The third kappa shape index (κ3) is 4.60. The van der Waals surface area contributed by atoms with Gasteiger partial charge < -0.3 is 14.4 Å². The van der Waals surface area contributed by atoms with Crippen LogP contribution in [0.3, 0.4) is 0 Å². The van der Waals surface area contributed by atoms with E-state index in [0.717, 1.165) is 89.2 Å². The third-order valence-corrected chi connectivity index (χ3v) is 12.9. The van der Waals surface area contributed by atoms with E-state index >= 15 is 0 Å². The molecule has 7 nitrogen and oxygen atoms in total. The maximum Gasteiger partial charge on any atom is 0.247 e. The second-order valence-electron chi connectivity index (χ2n) is 15.2. The van der Waals surface area contributed by atoms with E-state index in [0.29, 0.717) is 24.2 Å². The normalized spacial score (nSPS) is 45.4. The molecule has 9 aliphatic rings. The zero-order valence-electron chi connectivity index (χ0n) is 24.5. The van der Waals surface area contributed by atoms with Crippen LogP contribution >= 0.6 is 0 Å². The molecule has 9 fully saturated rings. The van der Waals surface area contributed by atoms with Gasteiger partial charge in [-0.2, -0.15) is 0 Å². The molecule has 0 aromatic rings. The van der Waals surface area contributed by atoms with Gasteiger partial charge in [0.05, 0.1) is 25.2 Å². The van der Waals surface area contributed by atoms with E-state index in [2.05, 4.69) is 9.80 Å². The molecule has 5 aliphatic carbocycles. The second-order valence-corrected chi connectivity index (χ2v) is 15.2. The average molecular weight is 554 g/mol. The summed E-state index contributed by atoms with van der Waals surface area (Å²) in [6.07, 6.45) is 17.9. The number of hydrogen-bond donors (Lipinski definition) is 0. The summed E-state index contributed by atoms with van der Waals surface area (Å²) in [5.74, 6) is 4.52. The molecule has 222 valence electrons. The van der Waals surface area contributed by atoms with Crippen molar-refractivity contribution in [2.24, 2.45) is 35.5 Å².